The zero-order chi connectivity index (χ0) is 12.2. The van der Waals surface area contributed by atoms with Gasteiger partial charge in [-0.05, 0) is 42.5 Å². The van der Waals surface area contributed by atoms with Crippen LogP contribution in [0.25, 0.3) is 0 Å². The van der Waals surface area contributed by atoms with Gasteiger partial charge < -0.3 is 9.47 Å². The van der Waals surface area contributed by atoms with Gasteiger partial charge >= 0.3 is 0 Å². The van der Waals surface area contributed by atoms with Crippen LogP contribution >= 0.6 is 0 Å². The standard InChI is InChI=1S/C15H21NO2/c1-2-13-4-5-15(12-14(13)3-1)18-11-8-16-6-9-17-10-7-16/h4-5,12H,1-3,6-11H2. The Balaban J connectivity index is 1.48. The van der Waals surface area contributed by atoms with Crippen LogP contribution in [0.15, 0.2) is 18.2 Å². The summed E-state index contributed by atoms with van der Waals surface area (Å²) in [7, 11) is 0. The van der Waals surface area contributed by atoms with Gasteiger partial charge in [0.15, 0.2) is 0 Å². The Kier molecular flexibility index (Phi) is 3.81. The van der Waals surface area contributed by atoms with Crippen LogP contribution < -0.4 is 4.74 Å². The fourth-order valence-electron chi connectivity index (χ4n) is 2.76. The molecule has 0 radical (unpaired) electrons. The summed E-state index contributed by atoms with van der Waals surface area (Å²) in [5.41, 5.74) is 2.99. The Morgan fingerprint density at radius 2 is 1.94 bits per heavy atom. The zero-order valence-electron chi connectivity index (χ0n) is 10.9. The van der Waals surface area contributed by atoms with Gasteiger partial charge in [0.25, 0.3) is 0 Å². The number of benzene rings is 1. The maximum Gasteiger partial charge on any atom is 0.119 e. The van der Waals surface area contributed by atoms with Crippen molar-refractivity contribution in [2.24, 2.45) is 0 Å². The first-order valence-corrected chi connectivity index (χ1v) is 6.96. The summed E-state index contributed by atoms with van der Waals surface area (Å²) in [6.45, 7) is 5.57. The van der Waals surface area contributed by atoms with Crippen LogP contribution in [0.5, 0.6) is 5.75 Å². The molecule has 0 spiro atoms. The second kappa shape index (κ2) is 5.72. The van der Waals surface area contributed by atoms with Gasteiger partial charge in [-0.2, -0.15) is 0 Å². The molecule has 0 atom stereocenters. The van der Waals surface area contributed by atoms with Crippen molar-refractivity contribution in [3.63, 3.8) is 0 Å². The molecule has 0 bridgehead atoms. The average Bonchev–Trinajstić information content (AvgIpc) is 2.87. The van der Waals surface area contributed by atoms with Gasteiger partial charge in [0.1, 0.15) is 12.4 Å². The minimum Gasteiger partial charge on any atom is -0.492 e. The first-order chi connectivity index (χ1) is 8.92. The predicted octanol–water partition coefficient (Wildman–Crippen LogP) is 1.89. The molecule has 0 amide bonds. The number of hydrogen-bond acceptors (Lipinski definition) is 3. The third-order valence-corrected chi connectivity index (χ3v) is 3.85. The van der Waals surface area contributed by atoms with Crippen LogP contribution in [0.3, 0.4) is 0 Å². The highest BCUT2D eigenvalue weighted by molar-refractivity contribution is 5.38. The van der Waals surface area contributed by atoms with Crippen molar-refractivity contribution in [3.8, 4) is 5.75 Å². The topological polar surface area (TPSA) is 21.7 Å². The first-order valence-electron chi connectivity index (χ1n) is 6.96. The maximum absolute atomic E-state index is 5.85. The molecule has 0 unspecified atom stereocenters. The van der Waals surface area contributed by atoms with Gasteiger partial charge in [-0.25, -0.2) is 0 Å². The van der Waals surface area contributed by atoms with Crippen molar-refractivity contribution in [1.82, 2.24) is 4.90 Å². The molecule has 1 aliphatic carbocycles. The molecule has 2 aliphatic rings. The molecule has 3 rings (SSSR count). The van der Waals surface area contributed by atoms with Crippen LogP contribution in [0, 0.1) is 0 Å². The van der Waals surface area contributed by atoms with E-state index in [0.717, 1.165) is 45.2 Å². The Hall–Kier alpha value is -1.06. The summed E-state index contributed by atoms with van der Waals surface area (Å²) in [5, 5.41) is 0. The molecule has 1 saturated heterocycles. The monoisotopic (exact) mass is 247 g/mol. The summed E-state index contributed by atoms with van der Waals surface area (Å²) in [6, 6.07) is 6.57. The zero-order valence-corrected chi connectivity index (χ0v) is 10.9. The van der Waals surface area contributed by atoms with Crippen molar-refractivity contribution in [1.29, 1.82) is 0 Å². The molecule has 98 valence electrons. The maximum atomic E-state index is 5.85. The molecule has 0 aromatic heterocycles. The molecule has 18 heavy (non-hydrogen) atoms. The Bertz CT molecular complexity index is 399. The smallest absolute Gasteiger partial charge is 0.119 e. The van der Waals surface area contributed by atoms with E-state index in [1.54, 1.807) is 0 Å². The summed E-state index contributed by atoms with van der Waals surface area (Å²) >= 11 is 0. The Labute approximate surface area is 109 Å². The van der Waals surface area contributed by atoms with Crippen molar-refractivity contribution >= 4 is 0 Å². The van der Waals surface area contributed by atoms with Gasteiger partial charge in [0, 0.05) is 19.6 Å². The summed E-state index contributed by atoms with van der Waals surface area (Å²) in [6.07, 6.45) is 3.76. The fourth-order valence-corrected chi connectivity index (χ4v) is 2.76. The molecule has 0 N–H and O–H groups in total. The van der Waals surface area contributed by atoms with Crippen molar-refractivity contribution in [2.45, 2.75) is 19.3 Å². The number of morpholine rings is 1. The van der Waals surface area contributed by atoms with Crippen LogP contribution in [0.2, 0.25) is 0 Å². The van der Waals surface area contributed by atoms with Gasteiger partial charge in [0.2, 0.25) is 0 Å². The van der Waals surface area contributed by atoms with E-state index in [2.05, 4.69) is 23.1 Å². The Morgan fingerprint density at radius 1 is 1.11 bits per heavy atom. The van der Waals surface area contributed by atoms with E-state index in [9.17, 15) is 0 Å². The van der Waals surface area contributed by atoms with Crippen LogP contribution in [-0.2, 0) is 17.6 Å². The lowest BCUT2D eigenvalue weighted by atomic mass is 10.1. The molecular weight excluding hydrogens is 226 g/mol. The van der Waals surface area contributed by atoms with Crippen LogP contribution in [0.4, 0.5) is 0 Å². The van der Waals surface area contributed by atoms with E-state index in [-0.39, 0.29) is 0 Å². The molecular formula is C15H21NO2. The average molecular weight is 247 g/mol. The third-order valence-electron chi connectivity index (χ3n) is 3.85. The minimum atomic E-state index is 0.777. The van der Waals surface area contributed by atoms with E-state index in [1.807, 2.05) is 0 Å². The molecule has 3 nitrogen and oxygen atoms in total. The largest absolute Gasteiger partial charge is 0.492 e. The third kappa shape index (κ3) is 2.85. The molecule has 1 aromatic carbocycles. The summed E-state index contributed by atoms with van der Waals surface area (Å²) < 4.78 is 11.2. The summed E-state index contributed by atoms with van der Waals surface area (Å²) in [5.74, 6) is 1.03. The molecule has 0 saturated carbocycles. The number of fused-ring (bicyclic) bond motifs is 1. The number of rotatable bonds is 4. The number of ether oxygens (including phenoxy) is 2. The summed E-state index contributed by atoms with van der Waals surface area (Å²) in [4.78, 5) is 2.40. The molecule has 1 aliphatic heterocycles. The van der Waals surface area contributed by atoms with Gasteiger partial charge in [0.05, 0.1) is 13.2 Å². The van der Waals surface area contributed by atoms with Gasteiger partial charge in [-0.1, -0.05) is 6.07 Å². The Morgan fingerprint density at radius 3 is 2.83 bits per heavy atom. The first kappa shape index (κ1) is 12.0. The predicted molar refractivity (Wildman–Crippen MR) is 71.2 cm³/mol. The SMILES string of the molecule is c1cc2c(cc1OCCN1CCOCC1)CCC2. The van der Waals surface area contributed by atoms with Gasteiger partial charge in [-0.15, -0.1) is 0 Å². The second-order valence-corrected chi connectivity index (χ2v) is 5.09. The fraction of sp³-hybridized carbons (Fsp3) is 0.600. The number of aryl methyl sites for hydroxylation is 2. The molecule has 1 aromatic rings. The van der Waals surface area contributed by atoms with E-state index in [4.69, 9.17) is 9.47 Å². The van der Waals surface area contributed by atoms with Crippen LogP contribution in [-0.4, -0.2) is 44.4 Å². The minimum absolute atomic E-state index is 0.777. The highest BCUT2D eigenvalue weighted by Gasteiger charge is 2.12. The lowest BCUT2D eigenvalue weighted by molar-refractivity contribution is 0.0322. The molecule has 3 heteroatoms. The van der Waals surface area contributed by atoms with Crippen molar-refractivity contribution < 1.29 is 9.47 Å². The van der Waals surface area contributed by atoms with Gasteiger partial charge in [-0.3, -0.25) is 4.90 Å². The van der Waals surface area contributed by atoms with Crippen molar-refractivity contribution in [3.05, 3.63) is 29.3 Å². The van der Waals surface area contributed by atoms with E-state index in [1.165, 1.54) is 30.4 Å². The molecule has 1 fully saturated rings. The number of nitrogens with zero attached hydrogens (tertiary/aromatic N) is 1. The molecule has 1 heterocycles. The second-order valence-electron chi connectivity index (χ2n) is 5.09. The quantitative estimate of drug-likeness (QED) is 0.811. The van der Waals surface area contributed by atoms with E-state index >= 15 is 0 Å². The van der Waals surface area contributed by atoms with E-state index in [0.29, 0.717) is 0 Å². The number of hydrogen-bond donors (Lipinski definition) is 0. The highest BCUT2D eigenvalue weighted by Crippen LogP contribution is 2.25. The van der Waals surface area contributed by atoms with Crippen LogP contribution in [0.1, 0.15) is 17.5 Å². The lowest BCUT2D eigenvalue weighted by Gasteiger charge is -2.26. The normalized spacial score (nSPS) is 19.8. The van der Waals surface area contributed by atoms with Crippen molar-refractivity contribution in [2.75, 3.05) is 39.5 Å². The van der Waals surface area contributed by atoms with E-state index < -0.39 is 0 Å². The highest BCUT2D eigenvalue weighted by atomic mass is 16.5. The lowest BCUT2D eigenvalue weighted by Crippen LogP contribution is -2.38.